The summed E-state index contributed by atoms with van der Waals surface area (Å²) in [5.74, 6) is 0.339. The van der Waals surface area contributed by atoms with Gasteiger partial charge in [-0.2, -0.15) is 0 Å². The molecular weight excluding hydrogens is 492 g/mol. The first kappa shape index (κ1) is 22.4. The zero-order valence-corrected chi connectivity index (χ0v) is 20.2. The third-order valence-corrected chi connectivity index (χ3v) is 7.22. The van der Waals surface area contributed by atoms with Crippen LogP contribution in [0.4, 0.5) is 11.4 Å². The van der Waals surface area contributed by atoms with Crippen LogP contribution in [-0.4, -0.2) is 27.5 Å². The molecule has 3 aromatic carbocycles. The lowest BCUT2D eigenvalue weighted by atomic mass is 10.2. The first-order valence-corrected chi connectivity index (χ1v) is 12.4. The number of carbonyl (C=O) groups excluding carboxylic acids is 1. The van der Waals surface area contributed by atoms with Gasteiger partial charge in [0.1, 0.15) is 5.75 Å². The summed E-state index contributed by atoms with van der Waals surface area (Å²) in [4.78, 5) is 14.6. The number of amides is 1. The third-order valence-electron chi connectivity index (χ3n) is 5.35. The minimum atomic E-state index is -3.73. The van der Waals surface area contributed by atoms with Gasteiger partial charge in [-0.25, -0.2) is 8.42 Å². The number of sulfonamides is 1. The average Bonchev–Trinajstić information content (AvgIpc) is 3.17. The minimum Gasteiger partial charge on any atom is -0.483 e. The van der Waals surface area contributed by atoms with E-state index in [4.69, 9.17) is 4.74 Å². The maximum absolute atomic E-state index is 12.7. The number of nitrogens with zero attached hydrogens (tertiary/aromatic N) is 1. The average molecular weight is 515 g/mol. The zero-order valence-electron chi connectivity index (χ0n) is 17.8. The number of aryl methyl sites for hydroxylation is 2. The van der Waals surface area contributed by atoms with E-state index in [1.165, 1.54) is 6.07 Å². The monoisotopic (exact) mass is 514 g/mol. The Kier molecular flexibility index (Phi) is 6.26. The third kappa shape index (κ3) is 4.81. The minimum absolute atomic E-state index is 0.121. The van der Waals surface area contributed by atoms with Crippen LogP contribution in [0.3, 0.4) is 0 Å². The standard InChI is InChI=1S/C24H23BrN2O4S/c1-16-3-6-20(7-4-16)26-32(29,30)21-8-10-23(17(2)13-21)31-15-24(28)27-12-11-18-14-19(25)5-9-22(18)27/h3-10,13-14,26H,11-12,15H2,1-2H3. The highest BCUT2D eigenvalue weighted by molar-refractivity contribution is 9.10. The molecule has 6 nitrogen and oxygen atoms in total. The van der Waals surface area contributed by atoms with Gasteiger partial charge < -0.3 is 9.64 Å². The summed E-state index contributed by atoms with van der Waals surface area (Å²) in [6.45, 7) is 4.19. The van der Waals surface area contributed by atoms with Gasteiger partial charge in [-0.05, 0) is 79.9 Å². The molecule has 0 atom stereocenters. The van der Waals surface area contributed by atoms with E-state index in [1.54, 1.807) is 36.1 Å². The molecule has 0 bridgehead atoms. The Balaban J connectivity index is 1.43. The van der Waals surface area contributed by atoms with Crippen LogP contribution >= 0.6 is 15.9 Å². The highest BCUT2D eigenvalue weighted by atomic mass is 79.9. The zero-order chi connectivity index (χ0) is 22.9. The van der Waals surface area contributed by atoms with Gasteiger partial charge in [0.05, 0.1) is 4.90 Å². The van der Waals surface area contributed by atoms with Crippen molar-refractivity contribution in [3.05, 3.63) is 81.8 Å². The van der Waals surface area contributed by atoms with E-state index in [0.717, 1.165) is 27.7 Å². The molecule has 0 aromatic heterocycles. The Labute approximate surface area is 196 Å². The molecular formula is C24H23BrN2O4S. The highest BCUT2D eigenvalue weighted by Crippen LogP contribution is 2.31. The molecule has 8 heteroatoms. The maximum atomic E-state index is 12.7. The van der Waals surface area contributed by atoms with Gasteiger partial charge in [-0.1, -0.05) is 33.6 Å². The smallest absolute Gasteiger partial charge is 0.264 e. The van der Waals surface area contributed by atoms with Gasteiger partial charge in [-0.15, -0.1) is 0 Å². The first-order chi connectivity index (χ1) is 15.2. The van der Waals surface area contributed by atoms with Gasteiger partial charge in [0.2, 0.25) is 0 Å². The number of carbonyl (C=O) groups is 1. The van der Waals surface area contributed by atoms with Crippen LogP contribution in [0.2, 0.25) is 0 Å². The summed E-state index contributed by atoms with van der Waals surface area (Å²) >= 11 is 3.46. The molecule has 4 rings (SSSR count). The molecule has 1 aliphatic heterocycles. The predicted molar refractivity (Wildman–Crippen MR) is 129 cm³/mol. The van der Waals surface area contributed by atoms with Crippen molar-refractivity contribution in [2.45, 2.75) is 25.2 Å². The summed E-state index contributed by atoms with van der Waals surface area (Å²) in [6, 6.07) is 17.6. The number of benzene rings is 3. The SMILES string of the molecule is Cc1ccc(NS(=O)(=O)c2ccc(OCC(=O)N3CCc4cc(Br)ccc43)c(C)c2)cc1. The number of ether oxygens (including phenoxy) is 1. The number of halogens is 1. The van der Waals surface area contributed by atoms with E-state index in [9.17, 15) is 13.2 Å². The van der Waals surface area contributed by atoms with Crippen molar-refractivity contribution in [3.8, 4) is 5.75 Å². The summed E-state index contributed by atoms with van der Waals surface area (Å²) in [5, 5.41) is 0. The summed E-state index contributed by atoms with van der Waals surface area (Å²) in [7, 11) is -3.73. The molecule has 1 amide bonds. The van der Waals surface area contributed by atoms with E-state index >= 15 is 0 Å². The Morgan fingerprint density at radius 3 is 2.53 bits per heavy atom. The molecule has 0 saturated heterocycles. The maximum Gasteiger partial charge on any atom is 0.264 e. The molecule has 0 fully saturated rings. The van der Waals surface area contributed by atoms with E-state index < -0.39 is 10.0 Å². The van der Waals surface area contributed by atoms with E-state index in [-0.39, 0.29) is 17.4 Å². The van der Waals surface area contributed by atoms with Gasteiger partial charge >= 0.3 is 0 Å². The molecule has 0 spiro atoms. The molecule has 1 aliphatic rings. The lowest BCUT2D eigenvalue weighted by Crippen LogP contribution is -2.33. The Hall–Kier alpha value is -2.84. The Morgan fingerprint density at radius 2 is 1.81 bits per heavy atom. The molecule has 0 unspecified atom stereocenters. The number of hydrogen-bond acceptors (Lipinski definition) is 4. The molecule has 1 N–H and O–H groups in total. The van der Waals surface area contributed by atoms with Crippen molar-refractivity contribution in [2.75, 3.05) is 22.8 Å². The van der Waals surface area contributed by atoms with Crippen LogP contribution in [0, 0.1) is 13.8 Å². The lowest BCUT2D eigenvalue weighted by molar-refractivity contribution is -0.120. The van der Waals surface area contributed by atoms with Crippen molar-refractivity contribution in [1.82, 2.24) is 0 Å². The topological polar surface area (TPSA) is 75.7 Å². The van der Waals surface area contributed by atoms with Gasteiger partial charge in [0.25, 0.3) is 15.9 Å². The molecule has 0 saturated carbocycles. The fraction of sp³-hybridized carbons (Fsp3) is 0.208. The van der Waals surface area contributed by atoms with Crippen LogP contribution in [0.1, 0.15) is 16.7 Å². The largest absolute Gasteiger partial charge is 0.483 e. The number of nitrogens with one attached hydrogen (secondary N) is 1. The van der Waals surface area contributed by atoms with Gasteiger partial charge in [-0.3, -0.25) is 9.52 Å². The molecule has 0 aliphatic carbocycles. The molecule has 166 valence electrons. The fourth-order valence-corrected chi connectivity index (χ4v) is 5.19. The van der Waals surface area contributed by atoms with Crippen molar-refractivity contribution < 1.29 is 17.9 Å². The number of hydrogen-bond donors (Lipinski definition) is 1. The van der Waals surface area contributed by atoms with Crippen LogP contribution < -0.4 is 14.4 Å². The highest BCUT2D eigenvalue weighted by Gasteiger charge is 2.25. The molecule has 32 heavy (non-hydrogen) atoms. The number of fused-ring (bicyclic) bond motifs is 1. The van der Waals surface area contributed by atoms with Crippen LogP contribution in [-0.2, 0) is 21.2 Å². The summed E-state index contributed by atoms with van der Waals surface area (Å²) in [6.07, 6.45) is 0.806. The second-order valence-corrected chi connectivity index (χ2v) is 10.4. The first-order valence-electron chi connectivity index (χ1n) is 10.1. The second-order valence-electron chi connectivity index (χ2n) is 7.76. The quantitative estimate of drug-likeness (QED) is 0.510. The van der Waals surface area contributed by atoms with Crippen molar-refractivity contribution >= 4 is 43.2 Å². The van der Waals surface area contributed by atoms with Crippen molar-refractivity contribution in [3.63, 3.8) is 0 Å². The Morgan fingerprint density at radius 1 is 1.06 bits per heavy atom. The van der Waals surface area contributed by atoms with Crippen molar-refractivity contribution in [1.29, 1.82) is 0 Å². The predicted octanol–water partition coefficient (Wildman–Crippen LogP) is 4.83. The lowest BCUT2D eigenvalue weighted by Gasteiger charge is -2.18. The summed E-state index contributed by atoms with van der Waals surface area (Å²) in [5.41, 5.74) is 4.21. The van der Waals surface area contributed by atoms with E-state index in [0.29, 0.717) is 23.5 Å². The van der Waals surface area contributed by atoms with E-state index in [1.807, 2.05) is 37.3 Å². The van der Waals surface area contributed by atoms with Gasteiger partial charge in [0, 0.05) is 22.4 Å². The normalized spacial score (nSPS) is 13.0. The van der Waals surface area contributed by atoms with Crippen LogP contribution in [0.25, 0.3) is 0 Å². The molecule has 1 heterocycles. The number of rotatable bonds is 6. The van der Waals surface area contributed by atoms with Crippen LogP contribution in [0.15, 0.2) is 70.0 Å². The van der Waals surface area contributed by atoms with E-state index in [2.05, 4.69) is 20.7 Å². The van der Waals surface area contributed by atoms with Gasteiger partial charge in [0.15, 0.2) is 6.61 Å². The van der Waals surface area contributed by atoms with Crippen LogP contribution in [0.5, 0.6) is 5.75 Å². The number of anilines is 2. The fourth-order valence-electron chi connectivity index (χ4n) is 3.63. The molecule has 3 aromatic rings. The Bertz CT molecular complexity index is 1270. The summed E-state index contributed by atoms with van der Waals surface area (Å²) < 4.78 is 34.7. The van der Waals surface area contributed by atoms with Crippen molar-refractivity contribution in [2.24, 2.45) is 0 Å². The molecule has 0 radical (unpaired) electrons. The second kappa shape index (κ2) is 8.96.